The van der Waals surface area contributed by atoms with E-state index in [-0.39, 0.29) is 12.2 Å². The molecule has 1 fully saturated rings. The average Bonchev–Trinajstić information content (AvgIpc) is 2.50. The number of carbonyl (C=O) groups excluding carboxylic acids is 1. The van der Waals surface area contributed by atoms with Crippen LogP contribution in [0.25, 0.3) is 0 Å². The van der Waals surface area contributed by atoms with Gasteiger partial charge in [-0.15, -0.1) is 0 Å². The number of hydrogen-bond acceptors (Lipinski definition) is 4. The Morgan fingerprint density at radius 2 is 2.13 bits per heavy atom. The monoisotopic (exact) mass is 216 g/mol. The normalized spacial score (nSPS) is 21.9. The van der Waals surface area contributed by atoms with Crippen molar-refractivity contribution in [3.05, 3.63) is 0 Å². The first-order chi connectivity index (χ1) is 6.92. The van der Waals surface area contributed by atoms with E-state index in [4.69, 9.17) is 9.57 Å². The van der Waals surface area contributed by atoms with Crippen molar-refractivity contribution in [2.24, 2.45) is 0 Å². The van der Waals surface area contributed by atoms with Gasteiger partial charge in [-0.3, -0.25) is 4.84 Å². The Balaban J connectivity index is 2.37. The fraction of sp³-hybridized carbons (Fsp3) is 0.900. The maximum Gasteiger partial charge on any atom is 0.410 e. The number of rotatable bonds is 2. The molecule has 0 saturated carbocycles. The molecule has 0 aliphatic carbocycles. The minimum absolute atomic E-state index is 0.0718. The predicted molar refractivity (Wildman–Crippen MR) is 56.4 cm³/mol. The Kier molecular flexibility index (Phi) is 3.93. The fourth-order valence-corrected chi connectivity index (χ4v) is 1.48. The molecule has 0 spiro atoms. The lowest BCUT2D eigenvalue weighted by Gasteiger charge is -2.24. The first-order valence-electron chi connectivity index (χ1n) is 5.22. The molecule has 1 unspecified atom stereocenters. The lowest BCUT2D eigenvalue weighted by atomic mass is 10.2. The number of amides is 1. The molecule has 88 valence electrons. The van der Waals surface area contributed by atoms with Crippen LogP contribution in [0, 0.1) is 0 Å². The van der Waals surface area contributed by atoms with Crippen molar-refractivity contribution in [2.45, 2.75) is 38.9 Å². The van der Waals surface area contributed by atoms with Crippen LogP contribution in [0.15, 0.2) is 0 Å². The molecule has 1 aliphatic rings. The van der Waals surface area contributed by atoms with Crippen LogP contribution in [0.4, 0.5) is 4.79 Å². The number of ether oxygens (including phenoxy) is 1. The standard InChI is InChI=1S/C10H20N2O3/c1-10(2,3)14-9(13)12-6-5-8(7-12)15-11-4/h8,11H,5-7H2,1-4H3. The molecule has 1 amide bonds. The zero-order chi connectivity index (χ0) is 11.5. The van der Waals surface area contributed by atoms with Crippen molar-refractivity contribution in [1.29, 1.82) is 0 Å². The van der Waals surface area contributed by atoms with E-state index in [2.05, 4.69) is 5.48 Å². The van der Waals surface area contributed by atoms with Gasteiger partial charge in [-0.25, -0.2) is 10.3 Å². The van der Waals surface area contributed by atoms with Gasteiger partial charge < -0.3 is 9.64 Å². The molecule has 5 nitrogen and oxygen atoms in total. The van der Waals surface area contributed by atoms with Crippen LogP contribution in [-0.4, -0.2) is 42.8 Å². The lowest BCUT2D eigenvalue weighted by Crippen LogP contribution is -2.36. The second kappa shape index (κ2) is 4.81. The van der Waals surface area contributed by atoms with Gasteiger partial charge in [-0.1, -0.05) is 0 Å². The van der Waals surface area contributed by atoms with Crippen LogP contribution in [0.2, 0.25) is 0 Å². The maximum atomic E-state index is 11.6. The van der Waals surface area contributed by atoms with E-state index in [1.54, 1.807) is 11.9 Å². The summed E-state index contributed by atoms with van der Waals surface area (Å²) < 4.78 is 5.26. The Bertz CT molecular complexity index is 225. The van der Waals surface area contributed by atoms with Crippen LogP contribution in [0.5, 0.6) is 0 Å². The second-order valence-electron chi connectivity index (χ2n) is 4.66. The molecule has 15 heavy (non-hydrogen) atoms. The summed E-state index contributed by atoms with van der Waals surface area (Å²) in [4.78, 5) is 18.5. The molecular weight excluding hydrogens is 196 g/mol. The Hall–Kier alpha value is -0.810. The number of nitrogens with zero attached hydrogens (tertiary/aromatic N) is 1. The summed E-state index contributed by atoms with van der Waals surface area (Å²) >= 11 is 0. The molecule has 0 aromatic rings. The van der Waals surface area contributed by atoms with Crippen LogP contribution in [0.3, 0.4) is 0 Å². The van der Waals surface area contributed by atoms with Crippen LogP contribution in [-0.2, 0) is 9.57 Å². The van der Waals surface area contributed by atoms with Gasteiger partial charge in [0, 0.05) is 13.6 Å². The second-order valence-corrected chi connectivity index (χ2v) is 4.66. The SMILES string of the molecule is CNOC1CCN(C(=O)OC(C)(C)C)C1. The highest BCUT2D eigenvalue weighted by Gasteiger charge is 2.30. The topological polar surface area (TPSA) is 50.8 Å². The Morgan fingerprint density at radius 3 is 2.67 bits per heavy atom. The zero-order valence-corrected chi connectivity index (χ0v) is 9.87. The largest absolute Gasteiger partial charge is 0.444 e. The molecule has 1 heterocycles. The summed E-state index contributed by atoms with van der Waals surface area (Å²) in [6.45, 7) is 6.88. The third-order valence-electron chi connectivity index (χ3n) is 2.08. The zero-order valence-electron chi connectivity index (χ0n) is 9.87. The van der Waals surface area contributed by atoms with Crippen LogP contribution >= 0.6 is 0 Å². The lowest BCUT2D eigenvalue weighted by molar-refractivity contribution is -0.0105. The number of nitrogens with one attached hydrogen (secondary N) is 1. The predicted octanol–water partition coefficient (Wildman–Crippen LogP) is 1.15. The summed E-state index contributed by atoms with van der Waals surface area (Å²) in [5, 5.41) is 0. The van der Waals surface area contributed by atoms with Gasteiger partial charge in [0.15, 0.2) is 0 Å². The Labute approximate surface area is 90.7 Å². The minimum atomic E-state index is -0.432. The minimum Gasteiger partial charge on any atom is -0.444 e. The third kappa shape index (κ3) is 4.05. The number of carbonyl (C=O) groups is 1. The van der Waals surface area contributed by atoms with E-state index in [0.29, 0.717) is 13.1 Å². The molecule has 0 aromatic heterocycles. The average molecular weight is 216 g/mol. The van der Waals surface area contributed by atoms with Gasteiger partial charge >= 0.3 is 6.09 Å². The van der Waals surface area contributed by atoms with Gasteiger partial charge in [0.2, 0.25) is 0 Å². The van der Waals surface area contributed by atoms with E-state index in [1.165, 1.54) is 0 Å². The third-order valence-corrected chi connectivity index (χ3v) is 2.08. The van der Waals surface area contributed by atoms with Crippen molar-refractivity contribution in [3.8, 4) is 0 Å². The molecule has 1 rings (SSSR count). The summed E-state index contributed by atoms with van der Waals surface area (Å²) in [7, 11) is 1.72. The first-order valence-corrected chi connectivity index (χ1v) is 5.22. The molecular formula is C10H20N2O3. The van der Waals surface area contributed by atoms with Crippen molar-refractivity contribution < 1.29 is 14.4 Å². The fourth-order valence-electron chi connectivity index (χ4n) is 1.48. The first kappa shape index (κ1) is 12.3. The van der Waals surface area contributed by atoms with Crippen LogP contribution in [0.1, 0.15) is 27.2 Å². The van der Waals surface area contributed by atoms with Gasteiger partial charge in [-0.2, -0.15) is 0 Å². The number of likely N-dealkylation sites (tertiary alicyclic amines) is 1. The van der Waals surface area contributed by atoms with Gasteiger partial charge in [0.05, 0.1) is 12.6 Å². The molecule has 0 bridgehead atoms. The quantitative estimate of drug-likeness (QED) is 0.703. The number of hydroxylamine groups is 1. The van der Waals surface area contributed by atoms with Gasteiger partial charge in [0.25, 0.3) is 0 Å². The van der Waals surface area contributed by atoms with Crippen molar-refractivity contribution in [2.75, 3.05) is 20.1 Å². The number of hydrogen-bond donors (Lipinski definition) is 1. The summed E-state index contributed by atoms with van der Waals surface area (Å²) in [6, 6.07) is 0. The van der Waals surface area contributed by atoms with E-state index >= 15 is 0 Å². The molecule has 1 saturated heterocycles. The smallest absolute Gasteiger partial charge is 0.410 e. The van der Waals surface area contributed by atoms with Gasteiger partial charge in [-0.05, 0) is 27.2 Å². The van der Waals surface area contributed by atoms with E-state index < -0.39 is 5.60 Å². The highest BCUT2D eigenvalue weighted by Crippen LogP contribution is 2.16. The molecule has 1 N–H and O–H groups in total. The van der Waals surface area contributed by atoms with Crippen molar-refractivity contribution in [1.82, 2.24) is 10.4 Å². The molecule has 5 heteroatoms. The molecule has 1 aliphatic heterocycles. The van der Waals surface area contributed by atoms with Crippen molar-refractivity contribution in [3.63, 3.8) is 0 Å². The summed E-state index contributed by atoms with van der Waals surface area (Å²) in [5.74, 6) is 0. The maximum absolute atomic E-state index is 11.6. The van der Waals surface area contributed by atoms with E-state index in [1.807, 2.05) is 20.8 Å². The Morgan fingerprint density at radius 1 is 1.47 bits per heavy atom. The summed E-state index contributed by atoms with van der Waals surface area (Å²) in [6.07, 6.45) is 0.660. The summed E-state index contributed by atoms with van der Waals surface area (Å²) in [5.41, 5.74) is 2.21. The van der Waals surface area contributed by atoms with Crippen molar-refractivity contribution >= 4 is 6.09 Å². The van der Waals surface area contributed by atoms with E-state index in [0.717, 1.165) is 6.42 Å². The van der Waals surface area contributed by atoms with E-state index in [9.17, 15) is 4.79 Å². The van der Waals surface area contributed by atoms with Crippen LogP contribution < -0.4 is 5.48 Å². The molecule has 0 radical (unpaired) electrons. The molecule has 0 aromatic carbocycles. The molecule has 1 atom stereocenters. The highest BCUT2D eigenvalue weighted by molar-refractivity contribution is 5.68. The highest BCUT2D eigenvalue weighted by atomic mass is 16.7. The van der Waals surface area contributed by atoms with Gasteiger partial charge in [0.1, 0.15) is 5.60 Å².